The molecule has 20 heavy (non-hydrogen) atoms. The van der Waals surface area contributed by atoms with Gasteiger partial charge in [-0.15, -0.1) is 0 Å². The molecule has 1 aromatic rings. The van der Waals surface area contributed by atoms with Gasteiger partial charge in [-0.25, -0.2) is 15.4 Å². The van der Waals surface area contributed by atoms with Gasteiger partial charge in [-0.05, 0) is 24.6 Å². The number of nitrogens with zero attached hydrogens (tertiary/aromatic N) is 2. The summed E-state index contributed by atoms with van der Waals surface area (Å²) in [6.07, 6.45) is 0.595. The Bertz CT molecular complexity index is 611. The van der Waals surface area contributed by atoms with Crippen molar-refractivity contribution in [3.8, 4) is 0 Å². The molecule has 0 fully saturated rings. The largest absolute Gasteiger partial charge is 0.381 e. The first-order valence-corrected chi connectivity index (χ1v) is 6.92. The van der Waals surface area contributed by atoms with Crippen molar-refractivity contribution in [2.45, 2.75) is 30.8 Å². The van der Waals surface area contributed by atoms with E-state index in [2.05, 4.69) is 25.8 Å². The van der Waals surface area contributed by atoms with Crippen LogP contribution in [0.2, 0.25) is 0 Å². The molecule has 0 saturated carbocycles. The molecule has 1 heterocycles. The van der Waals surface area contributed by atoms with Crippen molar-refractivity contribution in [1.82, 2.24) is 0 Å². The van der Waals surface area contributed by atoms with Crippen LogP contribution in [-0.4, -0.2) is 18.0 Å². The average molecular weight is 342 g/mol. The minimum Gasteiger partial charge on any atom is -0.381 e. The summed E-state index contributed by atoms with van der Waals surface area (Å²) in [5.41, 5.74) is 3.75. The molecule has 1 aliphatic heterocycles. The molecular formula is C14H14BrF2N3. The maximum absolute atomic E-state index is 14.0. The third kappa shape index (κ3) is 2.31. The Labute approximate surface area is 124 Å². The number of hydrogen-bond acceptors (Lipinski definition) is 2. The van der Waals surface area contributed by atoms with Crippen LogP contribution < -0.4 is 5.73 Å². The highest BCUT2D eigenvalue weighted by Gasteiger charge is 2.48. The Kier molecular flexibility index (Phi) is 3.83. The third-order valence-electron chi connectivity index (χ3n) is 3.81. The summed E-state index contributed by atoms with van der Waals surface area (Å²) in [7, 11) is 0. The predicted molar refractivity (Wildman–Crippen MR) is 77.6 cm³/mol. The molecule has 0 amide bonds. The fraction of sp³-hybridized carbons (Fsp3) is 0.429. The lowest BCUT2D eigenvalue weighted by atomic mass is 9.78. The molecule has 0 saturated heterocycles. The molecule has 0 aromatic heterocycles. The van der Waals surface area contributed by atoms with E-state index in [9.17, 15) is 8.78 Å². The van der Waals surface area contributed by atoms with Gasteiger partial charge in [0, 0.05) is 23.4 Å². The van der Waals surface area contributed by atoms with Gasteiger partial charge in [-0.3, -0.25) is 4.99 Å². The van der Waals surface area contributed by atoms with Crippen LogP contribution in [-0.2, 0) is 5.54 Å². The van der Waals surface area contributed by atoms with Crippen molar-refractivity contribution in [2.24, 2.45) is 10.7 Å². The molecule has 2 N–H and O–H groups in total. The minimum atomic E-state index is -1.33. The van der Waals surface area contributed by atoms with E-state index in [-0.39, 0.29) is 17.8 Å². The number of halogens is 3. The third-order valence-corrected chi connectivity index (χ3v) is 4.30. The van der Waals surface area contributed by atoms with E-state index in [1.165, 1.54) is 12.1 Å². The van der Waals surface area contributed by atoms with E-state index >= 15 is 0 Å². The van der Waals surface area contributed by atoms with Gasteiger partial charge in [0.15, 0.2) is 5.84 Å². The van der Waals surface area contributed by atoms with Crippen molar-refractivity contribution in [3.63, 3.8) is 0 Å². The first-order valence-electron chi connectivity index (χ1n) is 6.13. The van der Waals surface area contributed by atoms with Crippen molar-refractivity contribution in [3.05, 3.63) is 45.5 Å². The number of benzene rings is 1. The Hall–Kier alpha value is -1.48. The lowest BCUT2D eigenvalue weighted by Gasteiger charge is -2.35. The average Bonchev–Trinajstić information content (AvgIpc) is 2.45. The van der Waals surface area contributed by atoms with E-state index < -0.39 is 23.6 Å². The lowest BCUT2D eigenvalue weighted by Crippen LogP contribution is -2.47. The first kappa shape index (κ1) is 14.9. The fourth-order valence-corrected chi connectivity index (χ4v) is 2.68. The molecule has 3 nitrogen and oxygen atoms in total. The molecule has 0 bridgehead atoms. The summed E-state index contributed by atoms with van der Waals surface area (Å²) >= 11 is 3.25. The van der Waals surface area contributed by atoms with Crippen molar-refractivity contribution < 1.29 is 8.78 Å². The van der Waals surface area contributed by atoms with Crippen LogP contribution in [0.3, 0.4) is 0 Å². The van der Waals surface area contributed by atoms with E-state index in [1.54, 1.807) is 13.0 Å². The number of rotatable bonds is 2. The van der Waals surface area contributed by atoms with Crippen molar-refractivity contribution >= 4 is 21.8 Å². The van der Waals surface area contributed by atoms with Gasteiger partial charge in [0.1, 0.15) is 18.0 Å². The normalized spacial score (nSPS) is 29.6. The highest BCUT2D eigenvalue weighted by Crippen LogP contribution is 2.41. The molecule has 2 atom stereocenters. The number of amidine groups is 1. The van der Waals surface area contributed by atoms with Crippen LogP contribution in [0.25, 0.3) is 4.85 Å². The minimum absolute atomic E-state index is 0.0655. The Morgan fingerprint density at radius 3 is 2.75 bits per heavy atom. The van der Waals surface area contributed by atoms with Gasteiger partial charge >= 0.3 is 0 Å². The summed E-state index contributed by atoms with van der Waals surface area (Å²) < 4.78 is 28.3. The monoisotopic (exact) mass is 341 g/mol. The smallest absolute Gasteiger partial charge is 0.285 e. The van der Waals surface area contributed by atoms with Gasteiger partial charge in [0.2, 0.25) is 0 Å². The van der Waals surface area contributed by atoms with Crippen LogP contribution in [0.1, 0.15) is 25.3 Å². The van der Waals surface area contributed by atoms with Gasteiger partial charge in [0.05, 0.1) is 0 Å². The van der Waals surface area contributed by atoms with E-state index in [1.807, 2.05) is 0 Å². The Morgan fingerprint density at radius 2 is 2.20 bits per heavy atom. The zero-order valence-corrected chi connectivity index (χ0v) is 12.5. The van der Waals surface area contributed by atoms with E-state index in [0.29, 0.717) is 10.9 Å². The Morgan fingerprint density at radius 1 is 1.50 bits per heavy atom. The Balaban J connectivity index is 2.58. The van der Waals surface area contributed by atoms with Crippen LogP contribution in [0.5, 0.6) is 0 Å². The summed E-state index contributed by atoms with van der Waals surface area (Å²) in [5, 5.41) is 0. The maximum Gasteiger partial charge on any atom is 0.285 e. The lowest BCUT2D eigenvalue weighted by molar-refractivity contribution is 0.262. The van der Waals surface area contributed by atoms with Crippen molar-refractivity contribution in [1.29, 1.82) is 0 Å². The molecule has 2 rings (SSSR count). The summed E-state index contributed by atoms with van der Waals surface area (Å²) in [6, 6.07) is 4.33. The molecule has 0 radical (unpaired) electrons. The van der Waals surface area contributed by atoms with Crippen LogP contribution in [0, 0.1) is 12.4 Å². The number of nitrogens with two attached hydrogens (primary N) is 1. The highest BCUT2D eigenvalue weighted by molar-refractivity contribution is 9.10. The van der Waals surface area contributed by atoms with Crippen molar-refractivity contribution in [2.75, 3.05) is 6.67 Å². The van der Waals surface area contributed by atoms with Gasteiger partial charge in [-0.2, -0.15) is 0 Å². The van der Waals surface area contributed by atoms with Gasteiger partial charge in [-0.1, -0.05) is 15.9 Å². The number of hydrogen-bond donors (Lipinski definition) is 1. The summed E-state index contributed by atoms with van der Waals surface area (Å²) in [5.74, 6) is -0.454. The quantitative estimate of drug-likeness (QED) is 0.821. The topological polar surface area (TPSA) is 42.7 Å². The second-order valence-corrected chi connectivity index (χ2v) is 6.09. The van der Waals surface area contributed by atoms with E-state index in [4.69, 9.17) is 12.3 Å². The van der Waals surface area contributed by atoms with Crippen LogP contribution in [0.4, 0.5) is 8.78 Å². The zero-order chi connectivity index (χ0) is 15.0. The SMILES string of the molecule is [C-]#[N+]C1(C)CC[C@@](CF)(c2cc(Br)ccc2F)N=C1N. The number of aliphatic imine (C=N–C) groups is 1. The molecule has 1 aliphatic rings. The zero-order valence-electron chi connectivity index (χ0n) is 11.0. The van der Waals surface area contributed by atoms with Crippen LogP contribution in [0.15, 0.2) is 27.7 Å². The maximum atomic E-state index is 14.0. The molecule has 106 valence electrons. The molecule has 0 spiro atoms. The van der Waals surface area contributed by atoms with E-state index in [0.717, 1.165) is 0 Å². The second kappa shape index (κ2) is 5.13. The molecule has 0 aliphatic carbocycles. The highest BCUT2D eigenvalue weighted by atomic mass is 79.9. The number of alkyl halides is 1. The summed E-state index contributed by atoms with van der Waals surface area (Å²) in [6.45, 7) is 7.99. The summed E-state index contributed by atoms with van der Waals surface area (Å²) in [4.78, 5) is 7.64. The molecule has 6 heteroatoms. The second-order valence-electron chi connectivity index (χ2n) is 5.17. The van der Waals surface area contributed by atoms with Crippen LogP contribution >= 0.6 is 15.9 Å². The van der Waals surface area contributed by atoms with Gasteiger partial charge < -0.3 is 10.6 Å². The fourth-order valence-electron chi connectivity index (χ4n) is 2.32. The molecular weight excluding hydrogens is 328 g/mol. The van der Waals surface area contributed by atoms with Gasteiger partial charge in [0.25, 0.3) is 5.54 Å². The first-order chi connectivity index (χ1) is 9.37. The standard InChI is InChI=1S/C14H14BrF2N3/c1-13(19-2)5-6-14(8-16,20-12(13)18)10-7-9(15)3-4-11(10)17/h3-4,7H,5-6,8H2,1H3,(H2,18,20)/t13?,14-/m1/s1. The predicted octanol–water partition coefficient (Wildman–Crippen LogP) is 3.58. The molecule has 1 aromatic carbocycles. The molecule has 1 unspecified atom stereocenters.